The van der Waals surface area contributed by atoms with Crippen LogP contribution in [-0.4, -0.2) is 20.9 Å². The van der Waals surface area contributed by atoms with E-state index in [0.717, 1.165) is 15.7 Å². The van der Waals surface area contributed by atoms with Crippen LogP contribution in [-0.2, 0) is 0 Å². The fourth-order valence-corrected chi connectivity index (χ4v) is 3.72. The maximum absolute atomic E-state index is 12.5. The molecule has 0 spiro atoms. The first-order chi connectivity index (χ1) is 13.0. The molecule has 0 saturated heterocycles. The van der Waals surface area contributed by atoms with Crippen LogP contribution >= 0.6 is 39.7 Å². The zero-order valence-corrected chi connectivity index (χ0v) is 16.8. The quantitative estimate of drug-likeness (QED) is 0.512. The number of aliphatic imine (C=N–C) groups is 1. The zero-order chi connectivity index (χ0) is 19.1. The Morgan fingerprint density at radius 2 is 2.04 bits per heavy atom. The van der Waals surface area contributed by atoms with Gasteiger partial charge in [0.25, 0.3) is 5.56 Å². The maximum Gasteiger partial charge on any atom is 0.262 e. The van der Waals surface area contributed by atoms with Gasteiger partial charge in [-0.2, -0.15) is 0 Å². The maximum atomic E-state index is 12.5. The molecule has 0 bridgehead atoms. The number of H-pyrrole nitrogens is 1. The normalized spacial score (nSPS) is 13.9. The minimum atomic E-state index is -0.495. The molecule has 134 valence electrons. The topological polar surface area (TPSA) is 70.4 Å². The standard InChI is InChI=1S/C19H11BrClN3O2S/c20-11-5-6-15-12(8-11)10(9-22-15)7-13-17(25)23-19(27)24(18(13)26)16-4-2-1-3-14(16)21/h1-9,26H,(H,23,25,27). The predicted molar refractivity (Wildman–Crippen MR) is 114 cm³/mol. The molecule has 0 atom stereocenters. The summed E-state index contributed by atoms with van der Waals surface area (Å²) in [5.74, 6) is -0.291. The van der Waals surface area contributed by atoms with Gasteiger partial charge in [-0.15, -0.1) is 0 Å². The Balaban J connectivity index is 1.95. The van der Waals surface area contributed by atoms with Gasteiger partial charge < -0.3 is 5.11 Å². The molecule has 0 unspecified atom stereocenters. The average Bonchev–Trinajstić information content (AvgIpc) is 3.02. The van der Waals surface area contributed by atoms with Crippen LogP contribution in [0.3, 0.4) is 0 Å². The Labute approximate surface area is 172 Å². The van der Waals surface area contributed by atoms with Gasteiger partial charge in [0.2, 0.25) is 5.88 Å². The van der Waals surface area contributed by atoms with Crippen LogP contribution in [0.2, 0.25) is 5.02 Å². The number of nitrogens with zero attached hydrogens (tertiary/aromatic N) is 2. The summed E-state index contributed by atoms with van der Waals surface area (Å²) < 4.78 is 2.28. The lowest BCUT2D eigenvalue weighted by Gasteiger charge is -2.13. The van der Waals surface area contributed by atoms with Gasteiger partial charge in [0.15, 0.2) is 4.77 Å². The molecule has 0 amide bonds. The van der Waals surface area contributed by atoms with Crippen LogP contribution in [0, 0.1) is 4.77 Å². The van der Waals surface area contributed by atoms with Gasteiger partial charge in [0, 0.05) is 21.8 Å². The van der Waals surface area contributed by atoms with Crippen LogP contribution < -0.4 is 5.56 Å². The molecule has 2 heterocycles. The van der Waals surface area contributed by atoms with E-state index in [0.29, 0.717) is 16.3 Å². The van der Waals surface area contributed by atoms with Crippen LogP contribution in [0.1, 0.15) is 11.1 Å². The molecule has 1 aliphatic rings. The molecular weight excluding hydrogens is 450 g/mol. The minimum absolute atomic E-state index is 0.0518. The molecule has 2 N–H and O–H groups in total. The highest BCUT2D eigenvalue weighted by Crippen LogP contribution is 2.35. The number of fused-ring (bicyclic) bond motifs is 1. The monoisotopic (exact) mass is 459 g/mol. The van der Waals surface area contributed by atoms with Crippen molar-refractivity contribution in [2.75, 3.05) is 0 Å². The number of nitrogens with one attached hydrogen (secondary N) is 1. The lowest BCUT2D eigenvalue weighted by atomic mass is 10.1. The molecule has 5 nitrogen and oxygen atoms in total. The number of hydrogen-bond donors (Lipinski definition) is 2. The highest BCUT2D eigenvalue weighted by Gasteiger charge is 2.18. The van der Waals surface area contributed by atoms with Crippen molar-refractivity contribution >= 4 is 63.3 Å². The molecular formula is C19H11BrClN3O2S. The Hall–Kier alpha value is -2.48. The van der Waals surface area contributed by atoms with Crippen LogP contribution in [0.25, 0.3) is 17.3 Å². The van der Waals surface area contributed by atoms with E-state index in [1.54, 1.807) is 36.6 Å². The third-order valence-electron chi connectivity index (χ3n) is 4.13. The number of halogens is 2. The van der Waals surface area contributed by atoms with E-state index < -0.39 is 5.56 Å². The number of aromatic amines is 1. The SMILES string of the molecule is O=c1[nH]c(=S)n(-c2ccccc2Cl)c(O)c1C=C1C=Nc2ccc(Br)cc21. The Kier molecular flexibility index (Phi) is 4.59. The highest BCUT2D eigenvalue weighted by atomic mass is 79.9. The van der Waals surface area contributed by atoms with Gasteiger partial charge in [-0.3, -0.25) is 19.3 Å². The van der Waals surface area contributed by atoms with Crippen molar-refractivity contribution in [3.63, 3.8) is 0 Å². The second kappa shape index (κ2) is 6.92. The van der Waals surface area contributed by atoms with Gasteiger partial charge >= 0.3 is 0 Å². The summed E-state index contributed by atoms with van der Waals surface area (Å²) in [5, 5.41) is 11.2. The van der Waals surface area contributed by atoms with Crippen molar-refractivity contribution in [3.8, 4) is 11.6 Å². The number of aromatic nitrogens is 2. The fraction of sp³-hybridized carbons (Fsp3) is 0. The number of hydrogen-bond acceptors (Lipinski definition) is 4. The smallest absolute Gasteiger partial charge is 0.262 e. The molecule has 0 fully saturated rings. The molecule has 8 heteroatoms. The summed E-state index contributed by atoms with van der Waals surface area (Å²) in [6, 6.07) is 12.6. The van der Waals surface area contributed by atoms with E-state index in [9.17, 15) is 9.90 Å². The van der Waals surface area contributed by atoms with E-state index in [2.05, 4.69) is 25.9 Å². The van der Waals surface area contributed by atoms with Gasteiger partial charge in [0.05, 0.1) is 16.4 Å². The Morgan fingerprint density at radius 3 is 2.81 bits per heavy atom. The number of benzene rings is 2. The molecule has 0 aliphatic carbocycles. The summed E-state index contributed by atoms with van der Waals surface area (Å²) >= 11 is 14.9. The summed E-state index contributed by atoms with van der Waals surface area (Å²) in [6.07, 6.45) is 3.23. The Bertz CT molecular complexity index is 1260. The number of aromatic hydroxyl groups is 1. The highest BCUT2D eigenvalue weighted by molar-refractivity contribution is 9.10. The minimum Gasteiger partial charge on any atom is -0.494 e. The number of rotatable bonds is 2. The van der Waals surface area contributed by atoms with Gasteiger partial charge in [-0.05, 0) is 48.6 Å². The Morgan fingerprint density at radius 1 is 1.26 bits per heavy atom. The molecule has 1 aromatic heterocycles. The molecule has 2 aromatic carbocycles. The first-order valence-corrected chi connectivity index (χ1v) is 9.42. The largest absolute Gasteiger partial charge is 0.494 e. The van der Waals surface area contributed by atoms with Crippen LogP contribution in [0.15, 0.2) is 56.7 Å². The molecule has 1 aliphatic heterocycles. The van der Waals surface area contributed by atoms with Gasteiger partial charge in [-0.25, -0.2) is 0 Å². The summed E-state index contributed by atoms with van der Waals surface area (Å²) in [5.41, 5.74) is 2.40. The van der Waals surface area contributed by atoms with Gasteiger partial charge in [0.1, 0.15) is 5.56 Å². The van der Waals surface area contributed by atoms with E-state index >= 15 is 0 Å². The van der Waals surface area contributed by atoms with E-state index in [4.69, 9.17) is 23.8 Å². The van der Waals surface area contributed by atoms with E-state index in [1.807, 2.05) is 18.2 Å². The lowest BCUT2D eigenvalue weighted by Crippen LogP contribution is -2.16. The van der Waals surface area contributed by atoms with E-state index in [-0.39, 0.29) is 16.2 Å². The average molecular weight is 461 g/mol. The number of para-hydroxylation sites is 1. The first-order valence-electron chi connectivity index (χ1n) is 7.84. The van der Waals surface area contributed by atoms with Crippen molar-refractivity contribution in [2.45, 2.75) is 0 Å². The van der Waals surface area contributed by atoms with Crippen molar-refractivity contribution in [3.05, 3.63) is 78.2 Å². The summed E-state index contributed by atoms with van der Waals surface area (Å²) in [7, 11) is 0. The molecule has 0 saturated carbocycles. The molecule has 4 rings (SSSR count). The first kappa shape index (κ1) is 17.9. The predicted octanol–water partition coefficient (Wildman–Crippen LogP) is 5.27. The third kappa shape index (κ3) is 3.18. The van der Waals surface area contributed by atoms with Crippen molar-refractivity contribution in [1.82, 2.24) is 9.55 Å². The number of allylic oxidation sites excluding steroid dienone is 1. The van der Waals surface area contributed by atoms with Crippen molar-refractivity contribution in [2.24, 2.45) is 4.99 Å². The molecule has 3 aromatic rings. The summed E-state index contributed by atoms with van der Waals surface area (Å²) in [4.78, 5) is 19.4. The van der Waals surface area contributed by atoms with Crippen molar-refractivity contribution < 1.29 is 5.11 Å². The lowest BCUT2D eigenvalue weighted by molar-refractivity contribution is 0.432. The fourth-order valence-electron chi connectivity index (χ4n) is 2.86. The second-order valence-corrected chi connectivity index (χ2v) is 7.51. The molecule has 27 heavy (non-hydrogen) atoms. The summed E-state index contributed by atoms with van der Waals surface area (Å²) in [6.45, 7) is 0. The van der Waals surface area contributed by atoms with Crippen LogP contribution in [0.5, 0.6) is 5.88 Å². The van der Waals surface area contributed by atoms with Gasteiger partial charge in [-0.1, -0.05) is 39.7 Å². The zero-order valence-electron chi connectivity index (χ0n) is 13.6. The van der Waals surface area contributed by atoms with Crippen LogP contribution in [0.4, 0.5) is 5.69 Å². The van der Waals surface area contributed by atoms with Crippen molar-refractivity contribution in [1.29, 1.82) is 0 Å². The second-order valence-electron chi connectivity index (χ2n) is 5.80. The molecule has 0 radical (unpaired) electrons. The van der Waals surface area contributed by atoms with E-state index in [1.165, 1.54) is 4.57 Å². The third-order valence-corrected chi connectivity index (χ3v) is 5.22.